The number of tetrazole rings is 1. The van der Waals surface area contributed by atoms with Crippen LogP contribution < -0.4 is 0 Å². The lowest BCUT2D eigenvalue weighted by Crippen LogP contribution is -1.99. The van der Waals surface area contributed by atoms with Crippen LogP contribution in [0.1, 0.15) is 5.82 Å². The molecule has 1 heterocycles. The summed E-state index contributed by atoms with van der Waals surface area (Å²) in [6.07, 6.45) is 2.32. The number of nitrogens with zero attached hydrogens (tertiary/aromatic N) is 4. The molecule has 1 aromatic heterocycles. The van der Waals surface area contributed by atoms with Crippen molar-refractivity contribution < 1.29 is 9.90 Å². The van der Waals surface area contributed by atoms with Gasteiger partial charge in [-0.15, -0.1) is 5.10 Å². The second kappa shape index (κ2) is 4.88. The van der Waals surface area contributed by atoms with Crippen molar-refractivity contribution in [2.24, 2.45) is 0 Å². The molecule has 0 saturated heterocycles. The Hall–Kier alpha value is -2.02. The molecule has 7 heteroatoms. The molecular weight excluding hydrogens is 288 g/mol. The molecule has 0 atom stereocenters. The van der Waals surface area contributed by atoms with Crippen molar-refractivity contribution in [1.29, 1.82) is 0 Å². The third-order valence-corrected chi connectivity index (χ3v) is 2.41. The molecule has 0 amide bonds. The lowest BCUT2D eigenvalue weighted by molar-refractivity contribution is -0.131. The Morgan fingerprint density at radius 3 is 3.00 bits per heavy atom. The number of carbonyl (C=O) groups is 1. The second-order valence-corrected chi connectivity index (χ2v) is 4.02. The first-order valence-corrected chi connectivity index (χ1v) is 5.41. The monoisotopic (exact) mass is 294 g/mol. The van der Waals surface area contributed by atoms with E-state index in [-0.39, 0.29) is 0 Å². The quantitative estimate of drug-likeness (QED) is 0.868. The minimum absolute atomic E-state index is 0.352. The van der Waals surface area contributed by atoms with Crippen LogP contribution in [0.5, 0.6) is 0 Å². The molecule has 0 aliphatic carbocycles. The third-order valence-electron chi connectivity index (χ3n) is 1.92. The van der Waals surface area contributed by atoms with Gasteiger partial charge in [0.2, 0.25) is 0 Å². The van der Waals surface area contributed by atoms with E-state index in [1.54, 1.807) is 0 Å². The van der Waals surface area contributed by atoms with Gasteiger partial charge >= 0.3 is 5.97 Å². The lowest BCUT2D eigenvalue weighted by Gasteiger charge is -2.01. The number of rotatable bonds is 3. The highest BCUT2D eigenvalue weighted by Crippen LogP contribution is 2.15. The van der Waals surface area contributed by atoms with Crippen LogP contribution in [-0.4, -0.2) is 31.3 Å². The van der Waals surface area contributed by atoms with Crippen molar-refractivity contribution in [1.82, 2.24) is 20.2 Å². The van der Waals surface area contributed by atoms with E-state index < -0.39 is 5.97 Å². The van der Waals surface area contributed by atoms with Crippen molar-refractivity contribution in [3.05, 3.63) is 40.6 Å². The number of carboxylic acids is 1. The maximum atomic E-state index is 10.4. The van der Waals surface area contributed by atoms with E-state index in [1.165, 1.54) is 10.8 Å². The summed E-state index contributed by atoms with van der Waals surface area (Å²) in [7, 11) is 0. The lowest BCUT2D eigenvalue weighted by atomic mass is 10.3. The summed E-state index contributed by atoms with van der Waals surface area (Å²) in [5, 5.41) is 19.6. The van der Waals surface area contributed by atoms with E-state index in [0.717, 1.165) is 16.2 Å². The Bertz CT molecular complexity index is 579. The fourth-order valence-corrected chi connectivity index (χ4v) is 1.62. The molecule has 0 unspecified atom stereocenters. The van der Waals surface area contributed by atoms with Gasteiger partial charge in [-0.1, -0.05) is 22.0 Å². The number of hydrogen-bond acceptors (Lipinski definition) is 4. The predicted octanol–water partition coefficient (Wildman–Crippen LogP) is 1.52. The van der Waals surface area contributed by atoms with Crippen LogP contribution in [-0.2, 0) is 4.79 Å². The maximum absolute atomic E-state index is 10.4. The Labute approximate surface area is 105 Å². The van der Waals surface area contributed by atoms with Gasteiger partial charge in [-0.2, -0.15) is 4.68 Å². The molecule has 2 rings (SSSR count). The highest BCUT2D eigenvalue weighted by molar-refractivity contribution is 9.10. The largest absolute Gasteiger partial charge is 0.478 e. The van der Waals surface area contributed by atoms with Gasteiger partial charge < -0.3 is 5.11 Å². The minimum Gasteiger partial charge on any atom is -0.478 e. The standard InChI is InChI=1S/C10H7BrN4O2/c11-7-2-1-3-8(6-7)15-9(12-13-14-15)4-5-10(16)17/h1-6H,(H,16,17)/b5-4+. The highest BCUT2D eigenvalue weighted by Gasteiger charge is 2.05. The van der Waals surface area contributed by atoms with Crippen molar-refractivity contribution in [2.45, 2.75) is 0 Å². The number of halogens is 1. The van der Waals surface area contributed by atoms with Crippen molar-refractivity contribution in [3.8, 4) is 5.69 Å². The zero-order chi connectivity index (χ0) is 12.3. The second-order valence-electron chi connectivity index (χ2n) is 3.10. The molecule has 1 aromatic carbocycles. The highest BCUT2D eigenvalue weighted by atomic mass is 79.9. The molecule has 0 fully saturated rings. The molecule has 0 aliphatic heterocycles. The zero-order valence-electron chi connectivity index (χ0n) is 8.49. The van der Waals surface area contributed by atoms with Gasteiger partial charge in [-0.05, 0) is 34.7 Å². The summed E-state index contributed by atoms with van der Waals surface area (Å²) < 4.78 is 2.34. The molecule has 17 heavy (non-hydrogen) atoms. The van der Waals surface area contributed by atoms with Crippen LogP contribution in [0.25, 0.3) is 11.8 Å². The van der Waals surface area contributed by atoms with Crippen LogP contribution in [0.15, 0.2) is 34.8 Å². The van der Waals surface area contributed by atoms with Gasteiger partial charge in [0.1, 0.15) is 0 Å². The minimum atomic E-state index is -1.05. The molecule has 2 aromatic rings. The summed E-state index contributed by atoms with van der Waals surface area (Å²) in [5.41, 5.74) is 0.745. The first kappa shape index (κ1) is 11.5. The zero-order valence-corrected chi connectivity index (χ0v) is 10.1. The van der Waals surface area contributed by atoms with Crippen LogP contribution >= 0.6 is 15.9 Å². The van der Waals surface area contributed by atoms with Gasteiger partial charge in [0.25, 0.3) is 0 Å². The molecule has 86 valence electrons. The number of aromatic nitrogens is 4. The Morgan fingerprint density at radius 2 is 2.29 bits per heavy atom. The number of carboxylic acid groups (broad SMARTS) is 1. The van der Waals surface area contributed by atoms with Crippen molar-refractivity contribution in [3.63, 3.8) is 0 Å². The van der Waals surface area contributed by atoms with Crippen LogP contribution in [0, 0.1) is 0 Å². The molecule has 0 aliphatic rings. The first-order chi connectivity index (χ1) is 8.16. The summed E-state index contributed by atoms with van der Waals surface area (Å²) in [6, 6.07) is 7.36. The van der Waals surface area contributed by atoms with E-state index in [9.17, 15) is 4.79 Å². The fraction of sp³-hybridized carbons (Fsp3) is 0. The van der Waals surface area contributed by atoms with Gasteiger partial charge in [-0.25, -0.2) is 4.79 Å². The summed E-state index contributed by atoms with van der Waals surface area (Å²) >= 11 is 3.34. The van der Waals surface area contributed by atoms with Crippen LogP contribution in [0.3, 0.4) is 0 Å². The van der Waals surface area contributed by atoms with E-state index in [4.69, 9.17) is 5.11 Å². The number of hydrogen-bond donors (Lipinski definition) is 1. The van der Waals surface area contributed by atoms with Gasteiger partial charge in [0, 0.05) is 10.5 Å². The smallest absolute Gasteiger partial charge is 0.328 e. The molecule has 6 nitrogen and oxygen atoms in total. The van der Waals surface area contributed by atoms with Crippen LogP contribution in [0.4, 0.5) is 0 Å². The Morgan fingerprint density at radius 1 is 1.47 bits per heavy atom. The molecule has 0 bridgehead atoms. The van der Waals surface area contributed by atoms with E-state index >= 15 is 0 Å². The third kappa shape index (κ3) is 2.76. The Balaban J connectivity index is 2.40. The average molecular weight is 295 g/mol. The van der Waals surface area contributed by atoms with Gasteiger partial charge in [0.15, 0.2) is 5.82 Å². The predicted molar refractivity (Wildman–Crippen MR) is 63.5 cm³/mol. The molecule has 1 N–H and O–H groups in total. The van der Waals surface area contributed by atoms with E-state index in [1.807, 2.05) is 24.3 Å². The van der Waals surface area contributed by atoms with Crippen molar-refractivity contribution >= 4 is 28.0 Å². The van der Waals surface area contributed by atoms with E-state index in [2.05, 4.69) is 31.5 Å². The summed E-state index contributed by atoms with van der Waals surface area (Å²) in [5.74, 6) is -0.695. The maximum Gasteiger partial charge on any atom is 0.328 e. The molecule has 0 spiro atoms. The molecule has 0 saturated carbocycles. The SMILES string of the molecule is O=C(O)/C=C/c1nnnn1-c1cccc(Br)c1. The van der Waals surface area contributed by atoms with E-state index in [0.29, 0.717) is 5.82 Å². The first-order valence-electron chi connectivity index (χ1n) is 4.62. The van der Waals surface area contributed by atoms with Crippen molar-refractivity contribution in [2.75, 3.05) is 0 Å². The fourth-order valence-electron chi connectivity index (χ4n) is 1.24. The summed E-state index contributed by atoms with van der Waals surface area (Å²) in [6.45, 7) is 0. The normalized spacial score (nSPS) is 10.9. The average Bonchev–Trinajstić information content (AvgIpc) is 2.74. The Kier molecular flexibility index (Phi) is 3.29. The van der Waals surface area contributed by atoms with Gasteiger partial charge in [0.05, 0.1) is 5.69 Å². The molecular formula is C10H7BrN4O2. The van der Waals surface area contributed by atoms with Gasteiger partial charge in [-0.3, -0.25) is 0 Å². The summed E-state index contributed by atoms with van der Waals surface area (Å²) in [4.78, 5) is 10.4. The number of aliphatic carboxylic acids is 1. The topological polar surface area (TPSA) is 80.9 Å². The molecule has 0 radical (unpaired) electrons. The number of benzene rings is 1. The van der Waals surface area contributed by atoms with Crippen LogP contribution in [0.2, 0.25) is 0 Å².